The molecule has 0 unspecified atom stereocenters. The van der Waals surface area contributed by atoms with Crippen LogP contribution in [0.1, 0.15) is 0 Å². The van der Waals surface area contributed by atoms with Crippen molar-refractivity contribution < 1.29 is 21.9 Å². The molecule has 0 spiro atoms. The Morgan fingerprint density at radius 2 is 1.71 bits per heavy atom. The Kier molecular flexibility index (Phi) is 7.31. The highest BCUT2D eigenvalue weighted by Gasteiger charge is 2.24. The SMILES string of the molecule is O=S(=O)(Nc1ncccn1)c1cc(F)c(Oc2ccc(Cl)cc2-c2ccnc(N3CCNCC3)n2)cc1F. The van der Waals surface area contributed by atoms with Crippen molar-refractivity contribution >= 4 is 33.5 Å². The quantitative estimate of drug-likeness (QED) is 0.347. The molecule has 0 aliphatic carbocycles. The maximum atomic E-state index is 15.0. The van der Waals surface area contributed by atoms with Crippen molar-refractivity contribution in [1.29, 1.82) is 0 Å². The highest BCUT2D eigenvalue weighted by molar-refractivity contribution is 7.92. The van der Waals surface area contributed by atoms with Gasteiger partial charge in [0, 0.05) is 67.5 Å². The fraction of sp³-hybridized carbons (Fsp3) is 0.167. The number of hydrogen-bond donors (Lipinski definition) is 2. The van der Waals surface area contributed by atoms with Crippen molar-refractivity contribution in [3.63, 3.8) is 0 Å². The van der Waals surface area contributed by atoms with Crippen LogP contribution in [-0.4, -0.2) is 54.5 Å². The van der Waals surface area contributed by atoms with Gasteiger partial charge < -0.3 is 15.0 Å². The van der Waals surface area contributed by atoms with Crippen LogP contribution in [0, 0.1) is 11.6 Å². The zero-order valence-electron chi connectivity index (χ0n) is 19.6. The summed E-state index contributed by atoms with van der Waals surface area (Å²) in [7, 11) is -4.52. The minimum atomic E-state index is -4.52. The fourth-order valence-corrected chi connectivity index (χ4v) is 4.95. The molecule has 0 saturated carbocycles. The smallest absolute Gasteiger partial charge is 0.267 e. The van der Waals surface area contributed by atoms with Crippen molar-refractivity contribution in [1.82, 2.24) is 25.3 Å². The number of anilines is 2. The molecule has 1 fully saturated rings. The van der Waals surface area contributed by atoms with Crippen LogP contribution in [-0.2, 0) is 10.0 Å². The normalized spacial score (nSPS) is 13.8. The van der Waals surface area contributed by atoms with E-state index in [1.165, 1.54) is 30.6 Å². The lowest BCUT2D eigenvalue weighted by Crippen LogP contribution is -2.44. The second-order valence-corrected chi connectivity index (χ2v) is 10.2. The second-order valence-electron chi connectivity index (χ2n) is 8.11. The van der Waals surface area contributed by atoms with Gasteiger partial charge >= 0.3 is 0 Å². The first-order chi connectivity index (χ1) is 18.3. The van der Waals surface area contributed by atoms with Gasteiger partial charge in [-0.15, -0.1) is 0 Å². The van der Waals surface area contributed by atoms with Gasteiger partial charge in [0.2, 0.25) is 11.9 Å². The summed E-state index contributed by atoms with van der Waals surface area (Å²) in [6.07, 6.45) is 4.19. The van der Waals surface area contributed by atoms with E-state index < -0.39 is 32.3 Å². The van der Waals surface area contributed by atoms with Crippen molar-refractivity contribution in [3.8, 4) is 22.8 Å². The first-order valence-electron chi connectivity index (χ1n) is 11.4. The van der Waals surface area contributed by atoms with E-state index in [0.717, 1.165) is 26.2 Å². The summed E-state index contributed by atoms with van der Waals surface area (Å²) in [5, 5.41) is 3.63. The number of rotatable bonds is 7. The van der Waals surface area contributed by atoms with Crippen LogP contribution >= 0.6 is 11.6 Å². The number of benzene rings is 2. The lowest BCUT2D eigenvalue weighted by atomic mass is 10.1. The molecule has 2 N–H and O–H groups in total. The number of hydrogen-bond acceptors (Lipinski definition) is 9. The minimum Gasteiger partial charge on any atom is -0.453 e. The predicted octanol–water partition coefficient (Wildman–Crippen LogP) is 3.87. The van der Waals surface area contributed by atoms with E-state index in [2.05, 4.69) is 25.3 Å². The maximum absolute atomic E-state index is 15.0. The largest absolute Gasteiger partial charge is 0.453 e. The molecule has 3 heterocycles. The first kappa shape index (κ1) is 25.7. The average molecular weight is 560 g/mol. The van der Waals surface area contributed by atoms with Crippen LogP contribution in [0.2, 0.25) is 5.02 Å². The van der Waals surface area contributed by atoms with Crippen molar-refractivity contribution in [3.05, 3.63) is 77.7 Å². The molecule has 0 amide bonds. The number of sulfonamides is 1. The van der Waals surface area contributed by atoms with E-state index in [9.17, 15) is 12.8 Å². The molecule has 1 aliphatic heterocycles. The molecule has 10 nitrogen and oxygen atoms in total. The summed E-state index contributed by atoms with van der Waals surface area (Å²) < 4.78 is 62.9. The van der Waals surface area contributed by atoms with Crippen LogP contribution in [0.4, 0.5) is 20.7 Å². The molecular formula is C24H20ClF2N7O3S. The summed E-state index contributed by atoms with van der Waals surface area (Å²) in [6, 6.07) is 8.89. The highest BCUT2D eigenvalue weighted by Crippen LogP contribution is 2.37. The van der Waals surface area contributed by atoms with Gasteiger partial charge in [-0.1, -0.05) is 11.6 Å². The Balaban J connectivity index is 1.46. The van der Waals surface area contributed by atoms with Gasteiger partial charge in [0.1, 0.15) is 16.5 Å². The third-order valence-corrected chi connectivity index (χ3v) is 7.13. The Morgan fingerprint density at radius 1 is 0.947 bits per heavy atom. The molecule has 5 rings (SSSR count). The zero-order valence-corrected chi connectivity index (χ0v) is 21.2. The standard InChI is InChI=1S/C24H20ClF2N7O3S/c25-15-2-3-20(16(12-15)19-4-7-31-24(32-19)34-10-8-28-9-11-34)37-21-13-18(27)22(14-17(21)26)38(35,36)33-23-29-5-1-6-30-23/h1-7,12-14,28H,8-11H2,(H,29,30,33). The van der Waals surface area contributed by atoms with Gasteiger partial charge in [-0.25, -0.2) is 41.9 Å². The van der Waals surface area contributed by atoms with Gasteiger partial charge in [0.15, 0.2) is 11.6 Å². The fourth-order valence-electron chi connectivity index (χ4n) is 3.75. The minimum absolute atomic E-state index is 0.129. The molecule has 2 aromatic carbocycles. The second kappa shape index (κ2) is 10.8. The van der Waals surface area contributed by atoms with Gasteiger partial charge in [-0.3, -0.25) is 0 Å². The third kappa shape index (κ3) is 5.64. The molecule has 1 aliphatic rings. The van der Waals surface area contributed by atoms with Crippen molar-refractivity contribution in [2.75, 3.05) is 35.8 Å². The Labute approximate surface area is 221 Å². The lowest BCUT2D eigenvalue weighted by Gasteiger charge is -2.27. The molecule has 38 heavy (non-hydrogen) atoms. The molecule has 1 saturated heterocycles. The molecule has 14 heteroatoms. The summed E-state index contributed by atoms with van der Waals surface area (Å²) in [4.78, 5) is 17.5. The lowest BCUT2D eigenvalue weighted by molar-refractivity contribution is 0.433. The molecule has 0 atom stereocenters. The monoisotopic (exact) mass is 559 g/mol. The van der Waals surface area contributed by atoms with Crippen LogP contribution < -0.4 is 19.7 Å². The molecule has 0 bridgehead atoms. The third-order valence-electron chi connectivity index (χ3n) is 5.55. The van der Waals surface area contributed by atoms with Crippen LogP contribution in [0.5, 0.6) is 11.5 Å². The highest BCUT2D eigenvalue weighted by atomic mass is 35.5. The summed E-state index contributed by atoms with van der Waals surface area (Å²) in [6.45, 7) is 3.05. The van der Waals surface area contributed by atoms with Crippen molar-refractivity contribution in [2.24, 2.45) is 0 Å². The number of piperazine rings is 1. The molecular weight excluding hydrogens is 540 g/mol. The number of nitrogens with zero attached hydrogens (tertiary/aromatic N) is 5. The van der Waals surface area contributed by atoms with E-state index in [-0.39, 0.29) is 11.7 Å². The van der Waals surface area contributed by atoms with E-state index >= 15 is 4.39 Å². The summed E-state index contributed by atoms with van der Waals surface area (Å²) in [5.74, 6) is -2.52. The van der Waals surface area contributed by atoms with Gasteiger partial charge in [-0.05, 0) is 30.3 Å². The maximum Gasteiger partial charge on any atom is 0.267 e. The number of nitrogens with one attached hydrogen (secondary N) is 2. The summed E-state index contributed by atoms with van der Waals surface area (Å²) >= 11 is 6.22. The van der Waals surface area contributed by atoms with Gasteiger partial charge in [0.25, 0.3) is 10.0 Å². The molecule has 4 aromatic rings. The van der Waals surface area contributed by atoms with Gasteiger partial charge in [0.05, 0.1) is 5.69 Å². The number of aromatic nitrogens is 4. The topological polar surface area (TPSA) is 122 Å². The van der Waals surface area contributed by atoms with E-state index in [1.807, 2.05) is 9.62 Å². The Morgan fingerprint density at radius 3 is 2.47 bits per heavy atom. The number of halogens is 3. The van der Waals surface area contributed by atoms with E-state index in [1.54, 1.807) is 18.3 Å². The van der Waals surface area contributed by atoms with Crippen LogP contribution in [0.15, 0.2) is 66.0 Å². The van der Waals surface area contributed by atoms with E-state index in [4.69, 9.17) is 16.3 Å². The zero-order chi connectivity index (χ0) is 26.7. The molecule has 196 valence electrons. The molecule has 2 aromatic heterocycles. The number of ether oxygens (including phenoxy) is 1. The Hall–Kier alpha value is -3.94. The van der Waals surface area contributed by atoms with Crippen LogP contribution in [0.3, 0.4) is 0 Å². The molecule has 0 radical (unpaired) electrons. The Bertz CT molecular complexity index is 1570. The predicted molar refractivity (Wildman–Crippen MR) is 137 cm³/mol. The first-order valence-corrected chi connectivity index (χ1v) is 13.2. The average Bonchev–Trinajstić information content (AvgIpc) is 2.92. The van der Waals surface area contributed by atoms with Crippen LogP contribution in [0.25, 0.3) is 11.3 Å². The summed E-state index contributed by atoms with van der Waals surface area (Å²) in [5.41, 5.74) is 0.869. The van der Waals surface area contributed by atoms with E-state index in [0.29, 0.717) is 34.4 Å². The van der Waals surface area contributed by atoms with Crippen molar-refractivity contribution in [2.45, 2.75) is 4.90 Å². The van der Waals surface area contributed by atoms with Gasteiger partial charge in [-0.2, -0.15) is 0 Å².